The van der Waals surface area contributed by atoms with E-state index in [1.165, 1.54) is 0 Å². The Balaban J connectivity index is -0.0000000174. The molecule has 2 rings (SSSR count). The molecule has 0 aromatic heterocycles. The van der Waals surface area contributed by atoms with Crippen LogP contribution in [0, 0.1) is 52.0 Å². The third-order valence-electron chi connectivity index (χ3n) is 0.992. The van der Waals surface area contributed by atoms with E-state index >= 15 is 0 Å². The summed E-state index contributed by atoms with van der Waals surface area (Å²) in [5.74, 6) is 0. The summed E-state index contributed by atoms with van der Waals surface area (Å²) in [6.45, 7) is 27.0. The van der Waals surface area contributed by atoms with Gasteiger partial charge in [0.15, 0.2) is 0 Å². The van der Waals surface area contributed by atoms with E-state index in [0.29, 0.717) is 0 Å². The Morgan fingerprint density at radius 2 is 0.720 bits per heavy atom. The molecular weight excluding hydrogens is 463 g/mol. The summed E-state index contributed by atoms with van der Waals surface area (Å²) in [6, 6.07) is 21.0. The monoisotopic (exact) mass is 470 g/mol. The van der Waals surface area contributed by atoms with Gasteiger partial charge < -0.3 is 60.7 Å². The topological polar surface area (TPSA) is 119 Å². The molecule has 6 nitrogen and oxygen atoms in total. The average molecular weight is 472 g/mol. The molecule has 0 heterocycles. The predicted molar refractivity (Wildman–Crippen MR) is 65.3 cm³/mol. The standard InChI is InChI=1S/2C5H4.6CO.2Mn.Zn/c2*1-2-4-5-3-1;6*1-2;;;/h2*1-4H;;;;;;;;;/q2*-2;;;;;;;;;+2. The fraction of sp³-hybridized carbons (Fsp3) is 0. The number of rotatable bonds is 0. The SMILES string of the molecule is [C-]#[O+].[C-]#[O+].[C-]#[O+].[C-]#[O+].[C-]#[O+].[C-]#[O+].[Mn].[Mn].[Zn+2].[c-]1cc[cH-]c1.[c-]1cc[cH-]c1. The van der Waals surface area contributed by atoms with Gasteiger partial charge >= 0.3 is 87.3 Å². The quantitative estimate of drug-likeness (QED) is 0.318. The molecule has 0 N–H and O–H groups in total. The first-order chi connectivity index (χ1) is 11.0. The van der Waals surface area contributed by atoms with Crippen molar-refractivity contribution in [3.05, 3.63) is 101 Å². The van der Waals surface area contributed by atoms with Gasteiger partial charge in [-0.25, -0.2) is 0 Å². The smallest absolute Gasteiger partial charge is 0.376 e. The molecule has 9 heteroatoms. The van der Waals surface area contributed by atoms with E-state index in [1.807, 2.05) is 48.5 Å². The van der Waals surface area contributed by atoms with Gasteiger partial charge in [-0.3, -0.25) is 0 Å². The van der Waals surface area contributed by atoms with Crippen LogP contribution < -0.4 is 0 Å². The fourth-order valence-electron chi connectivity index (χ4n) is 0.556. The molecule has 0 unspecified atom stereocenters. The Bertz CT molecular complexity index is 335. The second kappa shape index (κ2) is 140. The fourth-order valence-corrected chi connectivity index (χ4v) is 0.556. The molecule has 0 aliphatic rings. The van der Waals surface area contributed by atoms with E-state index in [4.69, 9.17) is 27.9 Å². The van der Waals surface area contributed by atoms with E-state index < -0.39 is 0 Å². The van der Waals surface area contributed by atoms with E-state index in [1.54, 1.807) is 0 Å². The zero-order chi connectivity index (χ0) is 19.1. The second-order valence-corrected chi connectivity index (χ2v) is 1.77. The van der Waals surface area contributed by atoms with Gasteiger partial charge in [0.05, 0.1) is 0 Å². The molecule has 2 radical (unpaired) electrons. The van der Waals surface area contributed by atoms with E-state index in [0.717, 1.165) is 0 Å². The number of hydrogen-bond donors (Lipinski definition) is 0. The summed E-state index contributed by atoms with van der Waals surface area (Å²) in [5, 5.41) is 0. The van der Waals surface area contributed by atoms with Crippen LogP contribution in [0.25, 0.3) is 0 Å². The van der Waals surface area contributed by atoms with Gasteiger partial charge in [-0.1, -0.05) is 0 Å². The van der Waals surface area contributed by atoms with Crippen LogP contribution >= 0.6 is 0 Å². The van der Waals surface area contributed by atoms with Crippen LogP contribution in [-0.2, 0) is 81.5 Å². The van der Waals surface area contributed by atoms with Crippen molar-refractivity contribution in [2.75, 3.05) is 0 Å². The average Bonchev–Trinajstić information content (AvgIpc) is 3.43. The van der Waals surface area contributed by atoms with E-state index in [2.05, 4.69) is 52.0 Å². The molecule has 0 amide bonds. The Hall–Kier alpha value is -1.20. The Morgan fingerprint density at radius 1 is 0.520 bits per heavy atom. The Kier molecular flexibility index (Phi) is 316. The minimum Gasteiger partial charge on any atom is -0.376 e. The summed E-state index contributed by atoms with van der Waals surface area (Å²) >= 11 is 0. The van der Waals surface area contributed by atoms with Crippen LogP contribution in [0.3, 0.4) is 0 Å². The minimum atomic E-state index is 0. The van der Waals surface area contributed by atoms with Crippen molar-refractivity contribution in [2.24, 2.45) is 0 Å². The summed E-state index contributed by atoms with van der Waals surface area (Å²) in [6.07, 6.45) is 0. The summed E-state index contributed by atoms with van der Waals surface area (Å²) < 4.78 is 45.0. The van der Waals surface area contributed by atoms with Crippen LogP contribution in [0.4, 0.5) is 0 Å². The van der Waals surface area contributed by atoms with Gasteiger partial charge in [0.2, 0.25) is 0 Å². The van der Waals surface area contributed by atoms with Crippen LogP contribution in [0.5, 0.6) is 0 Å². The van der Waals surface area contributed by atoms with Gasteiger partial charge in [-0.05, 0) is 0 Å². The molecule has 0 saturated carbocycles. The largest absolute Gasteiger partial charge is 2.00 e. The first-order valence-electron chi connectivity index (χ1n) is 4.38. The zero-order valence-electron chi connectivity index (χ0n) is 12.5. The first kappa shape index (κ1) is 56.5. The van der Waals surface area contributed by atoms with Gasteiger partial charge in [-0.15, -0.1) is 0 Å². The number of hydrogen-bond acceptors (Lipinski definition) is 0. The van der Waals surface area contributed by atoms with Crippen molar-refractivity contribution in [2.45, 2.75) is 0 Å². The normalized spacial score (nSPS) is 3.68. The van der Waals surface area contributed by atoms with E-state index in [-0.39, 0.29) is 53.6 Å². The molecule has 0 spiro atoms. The van der Waals surface area contributed by atoms with Crippen molar-refractivity contribution in [1.29, 1.82) is 0 Å². The predicted octanol–water partition coefficient (Wildman–Crippen LogP) is 2.18. The van der Waals surface area contributed by atoms with E-state index in [9.17, 15) is 0 Å². The van der Waals surface area contributed by atoms with Crippen molar-refractivity contribution < 1.29 is 81.5 Å². The maximum absolute atomic E-state index is 7.50. The molecule has 0 bridgehead atoms. The summed E-state index contributed by atoms with van der Waals surface area (Å²) in [7, 11) is 0. The summed E-state index contributed by atoms with van der Waals surface area (Å²) in [4.78, 5) is 0. The molecule has 0 aliphatic carbocycles. The summed E-state index contributed by atoms with van der Waals surface area (Å²) in [5.41, 5.74) is 0. The van der Waals surface area contributed by atoms with Crippen molar-refractivity contribution in [3.8, 4) is 0 Å². The molecule has 0 atom stereocenters. The second-order valence-electron chi connectivity index (χ2n) is 1.77. The zero-order valence-corrected chi connectivity index (χ0v) is 17.9. The van der Waals surface area contributed by atoms with Crippen molar-refractivity contribution in [1.82, 2.24) is 0 Å². The maximum Gasteiger partial charge on any atom is 2.00 e. The molecular formula is C16H8Mn2O6Zn-2. The molecule has 0 aliphatic heterocycles. The van der Waals surface area contributed by atoms with Crippen LogP contribution in [-0.4, -0.2) is 0 Å². The third kappa shape index (κ3) is 127. The first-order valence-corrected chi connectivity index (χ1v) is 4.38. The van der Waals surface area contributed by atoms with Gasteiger partial charge in [0.25, 0.3) is 0 Å². The van der Waals surface area contributed by atoms with Gasteiger partial charge in [0, 0.05) is 34.1 Å². The van der Waals surface area contributed by atoms with Crippen molar-refractivity contribution in [3.63, 3.8) is 0 Å². The van der Waals surface area contributed by atoms with Crippen molar-refractivity contribution >= 4 is 0 Å². The maximum atomic E-state index is 7.50. The molecule has 0 saturated heterocycles. The van der Waals surface area contributed by atoms with Gasteiger partial charge in [-0.2, -0.15) is 0 Å². The molecule has 25 heavy (non-hydrogen) atoms. The van der Waals surface area contributed by atoms with Crippen LogP contribution in [0.1, 0.15) is 0 Å². The molecule has 2 aromatic carbocycles. The third-order valence-corrected chi connectivity index (χ3v) is 0.992. The van der Waals surface area contributed by atoms with Gasteiger partial charge in [0.1, 0.15) is 0 Å². The molecule has 2 aromatic rings. The minimum absolute atomic E-state index is 0. The Labute approximate surface area is 181 Å². The van der Waals surface area contributed by atoms with Crippen LogP contribution in [0.15, 0.2) is 48.5 Å². The molecule has 126 valence electrons. The molecule has 0 fully saturated rings. The Morgan fingerprint density at radius 3 is 0.760 bits per heavy atom. The van der Waals surface area contributed by atoms with Crippen LogP contribution in [0.2, 0.25) is 0 Å².